The van der Waals surface area contributed by atoms with E-state index in [1.165, 1.54) is 11.5 Å². The zero-order chi connectivity index (χ0) is 8.77. The lowest BCUT2D eigenvalue weighted by molar-refractivity contribution is 0.570. The van der Waals surface area contributed by atoms with Crippen LogP contribution in [0.1, 0.15) is 32.3 Å². The summed E-state index contributed by atoms with van der Waals surface area (Å²) < 4.78 is 2.26. The molecule has 0 amide bonds. The molecule has 0 aromatic carbocycles. The molecular formula is C9H14N2S. The van der Waals surface area contributed by atoms with E-state index in [1.54, 1.807) is 0 Å². The van der Waals surface area contributed by atoms with E-state index in [9.17, 15) is 0 Å². The lowest BCUT2D eigenvalue weighted by Crippen LogP contribution is -2.11. The predicted octanol–water partition coefficient (Wildman–Crippen LogP) is 2.38. The number of imidazole rings is 1. The number of aromatic nitrogens is 2. The van der Waals surface area contributed by atoms with Crippen molar-refractivity contribution in [1.29, 1.82) is 0 Å². The van der Waals surface area contributed by atoms with Gasteiger partial charge in [0.1, 0.15) is 5.82 Å². The standard InChI is InChI=1S/C9H14N2S/c1-9(2,3)7-4-11-6-12-5-8(11)10-7/h4H,5-6H2,1-3H3. The maximum Gasteiger partial charge on any atom is 0.119 e. The number of nitrogens with zero attached hydrogens (tertiary/aromatic N) is 2. The van der Waals surface area contributed by atoms with Crippen molar-refractivity contribution < 1.29 is 0 Å². The molecule has 0 atom stereocenters. The van der Waals surface area contributed by atoms with E-state index in [0.29, 0.717) is 0 Å². The van der Waals surface area contributed by atoms with Crippen LogP contribution in [0.3, 0.4) is 0 Å². The zero-order valence-electron chi connectivity index (χ0n) is 7.79. The van der Waals surface area contributed by atoms with Gasteiger partial charge < -0.3 is 4.57 Å². The maximum absolute atomic E-state index is 4.60. The first-order valence-corrected chi connectivity index (χ1v) is 5.37. The second-order valence-electron chi connectivity index (χ2n) is 4.24. The van der Waals surface area contributed by atoms with Gasteiger partial charge in [-0.3, -0.25) is 0 Å². The Hall–Kier alpha value is -0.440. The number of thioether (sulfide) groups is 1. The Labute approximate surface area is 77.4 Å². The predicted molar refractivity (Wildman–Crippen MR) is 52.2 cm³/mol. The first-order valence-electron chi connectivity index (χ1n) is 4.21. The Morgan fingerprint density at radius 3 is 2.83 bits per heavy atom. The fraction of sp³-hybridized carbons (Fsp3) is 0.667. The van der Waals surface area contributed by atoms with Gasteiger partial charge >= 0.3 is 0 Å². The van der Waals surface area contributed by atoms with Crippen molar-refractivity contribution >= 4 is 11.8 Å². The van der Waals surface area contributed by atoms with Crippen LogP contribution in [-0.4, -0.2) is 9.55 Å². The molecule has 2 heterocycles. The Balaban J connectivity index is 2.38. The molecule has 2 rings (SSSR count). The van der Waals surface area contributed by atoms with Gasteiger partial charge in [0, 0.05) is 11.6 Å². The summed E-state index contributed by atoms with van der Waals surface area (Å²) in [6.45, 7) is 6.62. The third kappa shape index (κ3) is 1.26. The monoisotopic (exact) mass is 182 g/mol. The molecule has 2 nitrogen and oxygen atoms in total. The van der Waals surface area contributed by atoms with Crippen LogP contribution in [0.15, 0.2) is 6.20 Å². The number of fused-ring (bicyclic) bond motifs is 1. The molecular weight excluding hydrogens is 168 g/mol. The average Bonchev–Trinajstić information content (AvgIpc) is 2.37. The first-order chi connectivity index (χ1) is 5.57. The average molecular weight is 182 g/mol. The first kappa shape index (κ1) is 8.17. The summed E-state index contributed by atoms with van der Waals surface area (Å²) >= 11 is 1.93. The van der Waals surface area contributed by atoms with Crippen LogP contribution in [-0.2, 0) is 17.0 Å². The van der Waals surface area contributed by atoms with Crippen LogP contribution < -0.4 is 0 Å². The van der Waals surface area contributed by atoms with E-state index in [2.05, 4.69) is 36.5 Å². The quantitative estimate of drug-likeness (QED) is 0.613. The Bertz CT molecular complexity index is 274. The SMILES string of the molecule is CC(C)(C)c1cn2c(n1)CSC2. The van der Waals surface area contributed by atoms with Crippen LogP contribution in [0.25, 0.3) is 0 Å². The number of rotatable bonds is 0. The minimum atomic E-state index is 0.196. The summed E-state index contributed by atoms with van der Waals surface area (Å²) in [5, 5.41) is 0. The molecule has 0 unspecified atom stereocenters. The summed E-state index contributed by atoms with van der Waals surface area (Å²) in [5.41, 5.74) is 1.42. The molecule has 0 N–H and O–H groups in total. The van der Waals surface area contributed by atoms with Gasteiger partial charge in [0.2, 0.25) is 0 Å². The van der Waals surface area contributed by atoms with Crippen LogP contribution >= 0.6 is 11.8 Å². The Morgan fingerprint density at radius 1 is 1.50 bits per heavy atom. The zero-order valence-corrected chi connectivity index (χ0v) is 8.61. The molecule has 1 aliphatic heterocycles. The largest absolute Gasteiger partial charge is 0.324 e. The second-order valence-corrected chi connectivity index (χ2v) is 5.19. The molecule has 1 aliphatic rings. The van der Waals surface area contributed by atoms with Gasteiger partial charge in [-0.1, -0.05) is 20.8 Å². The van der Waals surface area contributed by atoms with Crippen molar-refractivity contribution in [3.8, 4) is 0 Å². The van der Waals surface area contributed by atoms with E-state index in [-0.39, 0.29) is 5.41 Å². The molecule has 0 saturated heterocycles. The van der Waals surface area contributed by atoms with Crippen LogP contribution in [0.5, 0.6) is 0 Å². The summed E-state index contributed by atoms with van der Waals surface area (Å²) in [6.07, 6.45) is 2.19. The highest BCUT2D eigenvalue weighted by Crippen LogP contribution is 2.28. The molecule has 66 valence electrons. The summed E-state index contributed by atoms with van der Waals surface area (Å²) in [6, 6.07) is 0. The van der Waals surface area contributed by atoms with Crippen LogP contribution in [0, 0.1) is 0 Å². The normalized spacial score (nSPS) is 16.6. The lowest BCUT2D eigenvalue weighted by Gasteiger charge is -2.14. The van der Waals surface area contributed by atoms with Gasteiger partial charge in [-0.2, -0.15) is 0 Å². The van der Waals surface area contributed by atoms with Gasteiger partial charge in [-0.15, -0.1) is 11.8 Å². The van der Waals surface area contributed by atoms with Crippen molar-refractivity contribution in [3.63, 3.8) is 0 Å². The van der Waals surface area contributed by atoms with E-state index in [4.69, 9.17) is 0 Å². The third-order valence-electron chi connectivity index (χ3n) is 2.09. The van der Waals surface area contributed by atoms with Crippen molar-refractivity contribution in [2.75, 3.05) is 0 Å². The minimum absolute atomic E-state index is 0.196. The van der Waals surface area contributed by atoms with Crippen LogP contribution in [0.2, 0.25) is 0 Å². The molecule has 0 bridgehead atoms. The molecule has 0 spiro atoms. The maximum atomic E-state index is 4.60. The molecule has 0 radical (unpaired) electrons. The molecule has 0 saturated carbocycles. The van der Waals surface area contributed by atoms with Gasteiger partial charge in [-0.05, 0) is 0 Å². The Morgan fingerprint density at radius 2 is 2.25 bits per heavy atom. The smallest absolute Gasteiger partial charge is 0.119 e. The second kappa shape index (κ2) is 2.52. The summed E-state index contributed by atoms with van der Waals surface area (Å²) in [5.74, 6) is 3.40. The van der Waals surface area contributed by atoms with Crippen molar-refractivity contribution in [1.82, 2.24) is 9.55 Å². The van der Waals surface area contributed by atoms with Gasteiger partial charge in [0.05, 0.1) is 17.3 Å². The molecule has 0 aliphatic carbocycles. The summed E-state index contributed by atoms with van der Waals surface area (Å²) in [7, 11) is 0. The highest BCUT2D eigenvalue weighted by molar-refractivity contribution is 7.97. The van der Waals surface area contributed by atoms with E-state index in [1.807, 2.05) is 11.8 Å². The molecule has 1 aromatic heterocycles. The van der Waals surface area contributed by atoms with E-state index in [0.717, 1.165) is 11.6 Å². The van der Waals surface area contributed by atoms with Crippen molar-refractivity contribution in [3.05, 3.63) is 17.7 Å². The van der Waals surface area contributed by atoms with Gasteiger partial charge in [-0.25, -0.2) is 4.98 Å². The highest BCUT2D eigenvalue weighted by atomic mass is 32.2. The van der Waals surface area contributed by atoms with Gasteiger partial charge in [0.15, 0.2) is 0 Å². The Kier molecular flexibility index (Phi) is 1.72. The number of hydrogen-bond acceptors (Lipinski definition) is 2. The topological polar surface area (TPSA) is 17.8 Å². The van der Waals surface area contributed by atoms with Gasteiger partial charge in [0.25, 0.3) is 0 Å². The molecule has 3 heteroatoms. The van der Waals surface area contributed by atoms with Crippen molar-refractivity contribution in [2.24, 2.45) is 0 Å². The highest BCUT2D eigenvalue weighted by Gasteiger charge is 2.21. The van der Waals surface area contributed by atoms with E-state index >= 15 is 0 Å². The lowest BCUT2D eigenvalue weighted by atomic mass is 9.93. The molecule has 1 aromatic rings. The minimum Gasteiger partial charge on any atom is -0.324 e. The van der Waals surface area contributed by atoms with E-state index < -0.39 is 0 Å². The fourth-order valence-electron chi connectivity index (χ4n) is 1.28. The number of hydrogen-bond donors (Lipinski definition) is 0. The summed E-state index contributed by atoms with van der Waals surface area (Å²) in [4.78, 5) is 4.60. The van der Waals surface area contributed by atoms with Crippen molar-refractivity contribution in [2.45, 2.75) is 37.8 Å². The molecule has 0 fully saturated rings. The third-order valence-corrected chi connectivity index (χ3v) is 3.01. The van der Waals surface area contributed by atoms with Crippen LogP contribution in [0.4, 0.5) is 0 Å². The molecule has 12 heavy (non-hydrogen) atoms. The fourth-order valence-corrected chi connectivity index (χ4v) is 2.20.